The Balaban J connectivity index is 2.01. The van der Waals surface area contributed by atoms with Gasteiger partial charge in [-0.25, -0.2) is 4.98 Å². The van der Waals surface area contributed by atoms with Gasteiger partial charge in [0, 0.05) is 18.9 Å². The van der Waals surface area contributed by atoms with Crippen molar-refractivity contribution in [2.45, 2.75) is 58.1 Å². The molecule has 0 saturated heterocycles. The molecule has 0 spiro atoms. The van der Waals surface area contributed by atoms with Crippen molar-refractivity contribution in [1.29, 1.82) is 0 Å². The number of hydrogen-bond acceptors (Lipinski definition) is 2. The molecule has 1 unspecified atom stereocenters. The molecule has 1 aromatic rings. The molecular weight excluding hydrogens is 188 g/mol. The third-order valence-corrected chi connectivity index (χ3v) is 2.62. The van der Waals surface area contributed by atoms with Crippen LogP contribution in [-0.2, 0) is 6.54 Å². The zero-order chi connectivity index (χ0) is 10.9. The molecule has 1 N–H and O–H groups in total. The van der Waals surface area contributed by atoms with Gasteiger partial charge in [-0.05, 0) is 6.42 Å². The SMILES string of the molecule is CCCCCCCC(O)Cn1ccnc1. The smallest absolute Gasteiger partial charge is 0.0946 e. The van der Waals surface area contributed by atoms with Gasteiger partial charge in [-0.2, -0.15) is 0 Å². The first-order valence-corrected chi connectivity index (χ1v) is 5.96. The topological polar surface area (TPSA) is 38.0 Å². The fraction of sp³-hybridized carbons (Fsp3) is 0.750. The number of rotatable bonds is 8. The lowest BCUT2D eigenvalue weighted by Crippen LogP contribution is -2.14. The molecule has 0 aromatic carbocycles. The molecule has 15 heavy (non-hydrogen) atoms. The summed E-state index contributed by atoms with van der Waals surface area (Å²) in [4.78, 5) is 3.95. The minimum absolute atomic E-state index is 0.221. The summed E-state index contributed by atoms with van der Waals surface area (Å²) in [6.45, 7) is 2.89. The highest BCUT2D eigenvalue weighted by Gasteiger charge is 2.03. The van der Waals surface area contributed by atoms with Gasteiger partial charge in [-0.15, -0.1) is 0 Å². The Bertz CT molecular complexity index is 234. The monoisotopic (exact) mass is 210 g/mol. The van der Waals surface area contributed by atoms with Crippen LogP contribution in [0.5, 0.6) is 0 Å². The minimum atomic E-state index is -0.221. The molecule has 0 radical (unpaired) electrons. The molecule has 0 bridgehead atoms. The highest BCUT2D eigenvalue weighted by Crippen LogP contribution is 2.08. The third kappa shape index (κ3) is 5.57. The number of unbranched alkanes of at least 4 members (excludes halogenated alkanes) is 4. The van der Waals surface area contributed by atoms with Gasteiger partial charge in [0.25, 0.3) is 0 Å². The van der Waals surface area contributed by atoms with Crippen molar-refractivity contribution in [2.24, 2.45) is 0 Å². The molecule has 1 rings (SSSR count). The number of hydrogen-bond donors (Lipinski definition) is 1. The van der Waals surface area contributed by atoms with Crippen LogP contribution in [0.1, 0.15) is 45.4 Å². The Morgan fingerprint density at radius 3 is 2.73 bits per heavy atom. The fourth-order valence-electron chi connectivity index (χ4n) is 1.71. The van der Waals surface area contributed by atoms with Crippen molar-refractivity contribution in [3.8, 4) is 0 Å². The van der Waals surface area contributed by atoms with E-state index in [0.29, 0.717) is 6.54 Å². The number of aromatic nitrogens is 2. The normalized spacial score (nSPS) is 12.9. The molecule has 86 valence electrons. The fourth-order valence-corrected chi connectivity index (χ4v) is 1.71. The zero-order valence-corrected chi connectivity index (χ0v) is 9.60. The van der Waals surface area contributed by atoms with E-state index in [1.165, 1.54) is 25.7 Å². The summed E-state index contributed by atoms with van der Waals surface area (Å²) in [6, 6.07) is 0. The summed E-state index contributed by atoms with van der Waals surface area (Å²) in [5.41, 5.74) is 0. The summed E-state index contributed by atoms with van der Waals surface area (Å²) in [6.07, 6.45) is 12.3. The van der Waals surface area contributed by atoms with E-state index < -0.39 is 0 Å². The lowest BCUT2D eigenvalue weighted by Gasteiger charge is -2.10. The maximum Gasteiger partial charge on any atom is 0.0946 e. The number of nitrogens with zero attached hydrogens (tertiary/aromatic N) is 2. The van der Waals surface area contributed by atoms with Crippen molar-refractivity contribution >= 4 is 0 Å². The highest BCUT2D eigenvalue weighted by atomic mass is 16.3. The van der Waals surface area contributed by atoms with Crippen LogP contribution in [0.3, 0.4) is 0 Å². The van der Waals surface area contributed by atoms with Gasteiger partial charge in [-0.3, -0.25) is 0 Å². The molecule has 3 heteroatoms. The van der Waals surface area contributed by atoms with Gasteiger partial charge in [0.2, 0.25) is 0 Å². The van der Waals surface area contributed by atoms with E-state index in [4.69, 9.17) is 0 Å². The van der Waals surface area contributed by atoms with Crippen LogP contribution in [0.25, 0.3) is 0 Å². The Morgan fingerprint density at radius 2 is 2.07 bits per heavy atom. The average Bonchev–Trinajstić information content (AvgIpc) is 2.70. The molecule has 0 aliphatic carbocycles. The summed E-state index contributed by atoms with van der Waals surface area (Å²) >= 11 is 0. The first kappa shape index (κ1) is 12.2. The summed E-state index contributed by atoms with van der Waals surface area (Å²) in [7, 11) is 0. The molecular formula is C12H22N2O. The summed E-state index contributed by atoms with van der Waals surface area (Å²) < 4.78 is 1.93. The van der Waals surface area contributed by atoms with Crippen LogP contribution in [0.4, 0.5) is 0 Å². The molecule has 1 heterocycles. The van der Waals surface area contributed by atoms with Crippen LogP contribution in [0.15, 0.2) is 18.7 Å². The minimum Gasteiger partial charge on any atom is -0.391 e. The largest absolute Gasteiger partial charge is 0.391 e. The molecule has 0 saturated carbocycles. The predicted molar refractivity (Wildman–Crippen MR) is 61.6 cm³/mol. The standard InChI is InChI=1S/C12H22N2O/c1-2-3-4-5-6-7-12(15)10-14-9-8-13-11-14/h8-9,11-12,15H,2-7,10H2,1H3. The second-order valence-electron chi connectivity index (χ2n) is 4.12. The maximum atomic E-state index is 9.73. The number of aliphatic hydroxyl groups is 1. The Kier molecular flexibility index (Phi) is 6.09. The van der Waals surface area contributed by atoms with Gasteiger partial charge in [0.05, 0.1) is 12.4 Å². The summed E-state index contributed by atoms with van der Waals surface area (Å²) in [5.74, 6) is 0. The van der Waals surface area contributed by atoms with Crippen LogP contribution in [0.2, 0.25) is 0 Å². The van der Waals surface area contributed by atoms with Crippen molar-refractivity contribution in [1.82, 2.24) is 9.55 Å². The number of imidazole rings is 1. The van der Waals surface area contributed by atoms with Gasteiger partial charge < -0.3 is 9.67 Å². The van der Waals surface area contributed by atoms with E-state index in [0.717, 1.165) is 12.8 Å². The second kappa shape index (κ2) is 7.46. The van der Waals surface area contributed by atoms with E-state index in [2.05, 4.69) is 11.9 Å². The quantitative estimate of drug-likeness (QED) is 0.670. The third-order valence-electron chi connectivity index (χ3n) is 2.62. The van der Waals surface area contributed by atoms with E-state index in [1.807, 2.05) is 10.8 Å². The second-order valence-corrected chi connectivity index (χ2v) is 4.12. The zero-order valence-electron chi connectivity index (χ0n) is 9.60. The van der Waals surface area contributed by atoms with Crippen molar-refractivity contribution in [3.63, 3.8) is 0 Å². The van der Waals surface area contributed by atoms with Crippen LogP contribution in [0, 0.1) is 0 Å². The Labute approximate surface area is 92.1 Å². The molecule has 0 amide bonds. The molecule has 0 fully saturated rings. The maximum absolute atomic E-state index is 9.73. The summed E-state index contributed by atoms with van der Waals surface area (Å²) in [5, 5.41) is 9.73. The van der Waals surface area contributed by atoms with Gasteiger partial charge in [0.15, 0.2) is 0 Å². The van der Waals surface area contributed by atoms with Crippen molar-refractivity contribution < 1.29 is 5.11 Å². The molecule has 3 nitrogen and oxygen atoms in total. The van der Waals surface area contributed by atoms with Crippen LogP contribution < -0.4 is 0 Å². The van der Waals surface area contributed by atoms with Crippen LogP contribution >= 0.6 is 0 Å². The molecule has 1 aromatic heterocycles. The van der Waals surface area contributed by atoms with Gasteiger partial charge >= 0.3 is 0 Å². The van der Waals surface area contributed by atoms with Crippen molar-refractivity contribution in [2.75, 3.05) is 0 Å². The Hall–Kier alpha value is -0.830. The first-order valence-electron chi connectivity index (χ1n) is 5.96. The highest BCUT2D eigenvalue weighted by molar-refractivity contribution is 4.75. The first-order chi connectivity index (χ1) is 7.33. The van der Waals surface area contributed by atoms with Gasteiger partial charge in [-0.1, -0.05) is 39.0 Å². The van der Waals surface area contributed by atoms with E-state index >= 15 is 0 Å². The number of aliphatic hydroxyl groups excluding tert-OH is 1. The predicted octanol–water partition coefficient (Wildman–Crippen LogP) is 2.60. The van der Waals surface area contributed by atoms with Gasteiger partial charge in [0.1, 0.15) is 0 Å². The lowest BCUT2D eigenvalue weighted by molar-refractivity contribution is 0.140. The Morgan fingerprint density at radius 1 is 1.27 bits per heavy atom. The average molecular weight is 210 g/mol. The molecule has 0 aliphatic heterocycles. The molecule has 0 aliphatic rings. The van der Waals surface area contributed by atoms with E-state index in [9.17, 15) is 5.11 Å². The van der Waals surface area contributed by atoms with Crippen molar-refractivity contribution in [3.05, 3.63) is 18.7 Å². The van der Waals surface area contributed by atoms with E-state index in [-0.39, 0.29) is 6.10 Å². The molecule has 1 atom stereocenters. The van der Waals surface area contributed by atoms with E-state index in [1.54, 1.807) is 12.5 Å². The van der Waals surface area contributed by atoms with Crippen LogP contribution in [-0.4, -0.2) is 20.8 Å². The lowest BCUT2D eigenvalue weighted by atomic mass is 10.1.